The zero-order valence-corrected chi connectivity index (χ0v) is 6.75. The van der Waals surface area contributed by atoms with E-state index in [1.165, 1.54) is 17.7 Å². The van der Waals surface area contributed by atoms with E-state index in [9.17, 15) is 0 Å². The van der Waals surface area contributed by atoms with Gasteiger partial charge >= 0.3 is 0 Å². The van der Waals surface area contributed by atoms with E-state index in [2.05, 4.69) is 5.10 Å². The van der Waals surface area contributed by atoms with Gasteiger partial charge in [-0.2, -0.15) is 5.10 Å². The van der Waals surface area contributed by atoms with Crippen LogP contribution in [0.2, 0.25) is 0 Å². The SMILES string of the molecule is Cn1ncc2c1CCC[C@@H]2N. The van der Waals surface area contributed by atoms with Crippen LogP contribution in [-0.2, 0) is 13.5 Å². The zero-order chi connectivity index (χ0) is 7.84. The van der Waals surface area contributed by atoms with Crippen LogP contribution in [0.3, 0.4) is 0 Å². The van der Waals surface area contributed by atoms with Gasteiger partial charge in [0.05, 0.1) is 6.20 Å². The lowest BCUT2D eigenvalue weighted by molar-refractivity contribution is 0.548. The Kier molecular flexibility index (Phi) is 1.46. The van der Waals surface area contributed by atoms with E-state index in [-0.39, 0.29) is 6.04 Å². The highest BCUT2D eigenvalue weighted by Gasteiger charge is 2.19. The molecular weight excluding hydrogens is 138 g/mol. The Hall–Kier alpha value is -0.830. The molecule has 3 nitrogen and oxygen atoms in total. The van der Waals surface area contributed by atoms with E-state index in [0.717, 1.165) is 12.8 Å². The summed E-state index contributed by atoms with van der Waals surface area (Å²) in [6.07, 6.45) is 5.35. The smallest absolute Gasteiger partial charge is 0.0540 e. The van der Waals surface area contributed by atoms with Crippen molar-refractivity contribution in [3.63, 3.8) is 0 Å². The Morgan fingerprint density at radius 2 is 2.55 bits per heavy atom. The van der Waals surface area contributed by atoms with Gasteiger partial charge in [-0.3, -0.25) is 4.68 Å². The van der Waals surface area contributed by atoms with Gasteiger partial charge in [-0.05, 0) is 19.3 Å². The second-order valence-corrected chi connectivity index (χ2v) is 3.17. The summed E-state index contributed by atoms with van der Waals surface area (Å²) in [5.74, 6) is 0. The van der Waals surface area contributed by atoms with Crippen molar-refractivity contribution in [2.75, 3.05) is 0 Å². The highest BCUT2D eigenvalue weighted by molar-refractivity contribution is 5.23. The molecule has 0 fully saturated rings. The monoisotopic (exact) mass is 151 g/mol. The quantitative estimate of drug-likeness (QED) is 0.594. The number of rotatable bonds is 0. The summed E-state index contributed by atoms with van der Waals surface area (Å²) in [4.78, 5) is 0. The average Bonchev–Trinajstić information content (AvgIpc) is 2.35. The molecule has 1 aromatic heterocycles. The van der Waals surface area contributed by atoms with E-state index in [4.69, 9.17) is 5.73 Å². The van der Waals surface area contributed by atoms with Crippen LogP contribution in [0.15, 0.2) is 6.20 Å². The molecule has 1 atom stereocenters. The zero-order valence-electron chi connectivity index (χ0n) is 6.75. The van der Waals surface area contributed by atoms with Crippen molar-refractivity contribution in [1.82, 2.24) is 9.78 Å². The van der Waals surface area contributed by atoms with E-state index < -0.39 is 0 Å². The number of hydrogen-bond acceptors (Lipinski definition) is 2. The fraction of sp³-hybridized carbons (Fsp3) is 0.625. The summed E-state index contributed by atoms with van der Waals surface area (Å²) >= 11 is 0. The molecule has 11 heavy (non-hydrogen) atoms. The lowest BCUT2D eigenvalue weighted by Gasteiger charge is -2.18. The number of fused-ring (bicyclic) bond motifs is 1. The van der Waals surface area contributed by atoms with Gasteiger partial charge in [0, 0.05) is 24.3 Å². The Labute approximate surface area is 66.2 Å². The lowest BCUT2D eigenvalue weighted by Crippen LogP contribution is -2.17. The number of aryl methyl sites for hydroxylation is 1. The van der Waals surface area contributed by atoms with Crippen LogP contribution in [0.4, 0.5) is 0 Å². The molecule has 1 aliphatic carbocycles. The molecule has 0 radical (unpaired) electrons. The first-order chi connectivity index (χ1) is 5.29. The van der Waals surface area contributed by atoms with Crippen LogP contribution >= 0.6 is 0 Å². The number of hydrogen-bond donors (Lipinski definition) is 1. The number of nitrogens with two attached hydrogens (primary N) is 1. The van der Waals surface area contributed by atoms with Gasteiger partial charge in [-0.15, -0.1) is 0 Å². The Bertz CT molecular complexity index is 264. The topological polar surface area (TPSA) is 43.8 Å². The van der Waals surface area contributed by atoms with Crippen LogP contribution in [0, 0.1) is 0 Å². The minimum absolute atomic E-state index is 0.229. The van der Waals surface area contributed by atoms with Crippen LogP contribution in [0.5, 0.6) is 0 Å². The van der Waals surface area contributed by atoms with Crippen molar-refractivity contribution in [3.05, 3.63) is 17.5 Å². The van der Waals surface area contributed by atoms with Crippen LogP contribution in [-0.4, -0.2) is 9.78 Å². The maximum absolute atomic E-state index is 5.91. The fourth-order valence-electron chi connectivity index (χ4n) is 1.74. The van der Waals surface area contributed by atoms with Crippen molar-refractivity contribution in [2.45, 2.75) is 25.3 Å². The molecule has 1 aliphatic rings. The maximum atomic E-state index is 5.91. The molecule has 3 heteroatoms. The second-order valence-electron chi connectivity index (χ2n) is 3.17. The van der Waals surface area contributed by atoms with Gasteiger partial charge in [0.15, 0.2) is 0 Å². The molecule has 60 valence electrons. The van der Waals surface area contributed by atoms with E-state index in [0.29, 0.717) is 0 Å². The predicted octanol–water partition coefficient (Wildman–Crippen LogP) is 0.756. The number of aromatic nitrogens is 2. The van der Waals surface area contributed by atoms with Crippen LogP contribution in [0.1, 0.15) is 30.1 Å². The highest BCUT2D eigenvalue weighted by atomic mass is 15.3. The average molecular weight is 151 g/mol. The van der Waals surface area contributed by atoms with Gasteiger partial charge in [0.25, 0.3) is 0 Å². The summed E-state index contributed by atoms with van der Waals surface area (Å²) in [5, 5.41) is 4.19. The first-order valence-electron chi connectivity index (χ1n) is 4.05. The summed E-state index contributed by atoms with van der Waals surface area (Å²) in [6.45, 7) is 0. The summed E-state index contributed by atoms with van der Waals surface area (Å²) in [5.41, 5.74) is 8.48. The molecule has 0 bridgehead atoms. The van der Waals surface area contributed by atoms with Gasteiger partial charge in [-0.1, -0.05) is 0 Å². The van der Waals surface area contributed by atoms with Crippen molar-refractivity contribution >= 4 is 0 Å². The molecule has 0 saturated carbocycles. The molecule has 1 aromatic rings. The minimum atomic E-state index is 0.229. The molecular formula is C8H13N3. The number of nitrogens with zero attached hydrogens (tertiary/aromatic N) is 2. The molecule has 0 aliphatic heterocycles. The Morgan fingerprint density at radius 1 is 1.73 bits per heavy atom. The van der Waals surface area contributed by atoms with Crippen LogP contribution in [0.25, 0.3) is 0 Å². The third kappa shape index (κ3) is 0.959. The molecule has 0 saturated heterocycles. The Balaban J connectivity index is 2.46. The first-order valence-corrected chi connectivity index (χ1v) is 4.05. The van der Waals surface area contributed by atoms with Crippen molar-refractivity contribution in [1.29, 1.82) is 0 Å². The maximum Gasteiger partial charge on any atom is 0.0540 e. The second kappa shape index (κ2) is 2.34. The van der Waals surface area contributed by atoms with Gasteiger partial charge in [0.1, 0.15) is 0 Å². The molecule has 0 amide bonds. The summed E-state index contributed by atoms with van der Waals surface area (Å²) in [7, 11) is 1.98. The molecule has 0 unspecified atom stereocenters. The standard InChI is InChI=1S/C8H13N3/c1-11-8-4-2-3-7(9)6(8)5-10-11/h5,7H,2-4,9H2,1H3/t7-/m0/s1. The highest BCUT2D eigenvalue weighted by Crippen LogP contribution is 2.26. The summed E-state index contributed by atoms with van der Waals surface area (Å²) < 4.78 is 1.94. The first kappa shape index (κ1) is 6.85. The van der Waals surface area contributed by atoms with Gasteiger partial charge in [0.2, 0.25) is 0 Å². The van der Waals surface area contributed by atoms with Crippen molar-refractivity contribution in [2.24, 2.45) is 12.8 Å². The third-order valence-electron chi connectivity index (χ3n) is 2.42. The molecule has 2 rings (SSSR count). The Morgan fingerprint density at radius 3 is 3.27 bits per heavy atom. The minimum Gasteiger partial charge on any atom is -0.324 e. The molecule has 2 N–H and O–H groups in total. The molecule has 0 aromatic carbocycles. The van der Waals surface area contributed by atoms with Crippen molar-refractivity contribution in [3.8, 4) is 0 Å². The van der Waals surface area contributed by atoms with Gasteiger partial charge < -0.3 is 5.73 Å². The molecule has 1 heterocycles. The van der Waals surface area contributed by atoms with Crippen LogP contribution < -0.4 is 5.73 Å². The summed E-state index contributed by atoms with van der Waals surface area (Å²) in [6, 6.07) is 0.229. The predicted molar refractivity (Wildman–Crippen MR) is 43.1 cm³/mol. The largest absolute Gasteiger partial charge is 0.324 e. The van der Waals surface area contributed by atoms with E-state index >= 15 is 0 Å². The van der Waals surface area contributed by atoms with Gasteiger partial charge in [-0.25, -0.2) is 0 Å². The normalized spacial score (nSPS) is 23.3. The van der Waals surface area contributed by atoms with E-state index in [1.807, 2.05) is 17.9 Å². The fourth-order valence-corrected chi connectivity index (χ4v) is 1.74. The van der Waals surface area contributed by atoms with E-state index in [1.54, 1.807) is 0 Å². The van der Waals surface area contributed by atoms with Crippen molar-refractivity contribution < 1.29 is 0 Å². The third-order valence-corrected chi connectivity index (χ3v) is 2.42. The molecule has 0 spiro atoms. The lowest BCUT2D eigenvalue weighted by atomic mass is 9.94.